The van der Waals surface area contributed by atoms with Gasteiger partial charge in [-0.1, -0.05) is 41.4 Å². The first-order valence-electron chi connectivity index (χ1n) is 8.48. The van der Waals surface area contributed by atoms with Gasteiger partial charge < -0.3 is 4.42 Å². The number of hydrogen-bond donors (Lipinski definition) is 0. The smallest absolute Gasteiger partial charge is 0.231 e. The Morgan fingerprint density at radius 3 is 2.41 bits per heavy atom. The SMILES string of the molecule is N#Cc1cccc(-c2ccc3c(C#N)c(C(=O)c4ccc(Cl)cc4Cl)oc3c2)c1. The van der Waals surface area contributed by atoms with Crippen molar-refractivity contribution in [2.75, 3.05) is 0 Å². The monoisotopic (exact) mass is 416 g/mol. The molecule has 0 aliphatic carbocycles. The van der Waals surface area contributed by atoms with E-state index < -0.39 is 5.78 Å². The Morgan fingerprint density at radius 1 is 0.897 bits per heavy atom. The second-order valence-corrected chi connectivity index (χ2v) is 7.12. The molecule has 0 N–H and O–H groups in total. The van der Waals surface area contributed by atoms with Crippen molar-refractivity contribution in [3.05, 3.63) is 93.2 Å². The number of benzene rings is 3. The summed E-state index contributed by atoms with van der Waals surface area (Å²) in [6.07, 6.45) is 0. The molecule has 0 saturated heterocycles. The van der Waals surface area contributed by atoms with E-state index in [0.717, 1.165) is 11.1 Å². The number of fused-ring (bicyclic) bond motifs is 1. The van der Waals surface area contributed by atoms with Crippen LogP contribution in [0.4, 0.5) is 0 Å². The van der Waals surface area contributed by atoms with Gasteiger partial charge in [-0.2, -0.15) is 10.5 Å². The van der Waals surface area contributed by atoms with Crippen molar-refractivity contribution in [3.63, 3.8) is 0 Å². The van der Waals surface area contributed by atoms with E-state index in [2.05, 4.69) is 12.1 Å². The minimum atomic E-state index is -0.493. The molecule has 0 amide bonds. The highest BCUT2D eigenvalue weighted by atomic mass is 35.5. The molecule has 4 aromatic rings. The summed E-state index contributed by atoms with van der Waals surface area (Å²) >= 11 is 12.0. The summed E-state index contributed by atoms with van der Waals surface area (Å²) in [5.41, 5.74) is 2.91. The molecule has 0 aliphatic heterocycles. The van der Waals surface area contributed by atoms with Gasteiger partial charge in [0.05, 0.1) is 16.7 Å². The Hall–Kier alpha value is -3.57. The van der Waals surface area contributed by atoms with Gasteiger partial charge in [0.15, 0.2) is 5.76 Å². The number of furan rings is 1. The first-order chi connectivity index (χ1) is 14.0. The second-order valence-electron chi connectivity index (χ2n) is 6.27. The largest absolute Gasteiger partial charge is 0.451 e. The third-order valence-electron chi connectivity index (χ3n) is 4.51. The lowest BCUT2D eigenvalue weighted by Gasteiger charge is -2.02. The molecule has 138 valence electrons. The van der Waals surface area contributed by atoms with E-state index >= 15 is 0 Å². The number of halogens is 2. The van der Waals surface area contributed by atoms with Gasteiger partial charge in [0.25, 0.3) is 0 Å². The standard InChI is InChI=1S/C23H10Cl2N2O2/c24-16-5-7-18(20(25)10-16)22(28)23-19(12-27)17-6-4-15(9-21(17)29-23)14-3-1-2-13(8-14)11-26/h1-10H. The van der Waals surface area contributed by atoms with Crippen LogP contribution in [0.15, 0.2) is 65.1 Å². The number of hydrogen-bond acceptors (Lipinski definition) is 4. The minimum absolute atomic E-state index is 0.0744. The van der Waals surface area contributed by atoms with Crippen molar-refractivity contribution in [3.8, 4) is 23.3 Å². The van der Waals surface area contributed by atoms with E-state index in [-0.39, 0.29) is 21.9 Å². The fourth-order valence-electron chi connectivity index (χ4n) is 3.11. The average Bonchev–Trinajstić information content (AvgIpc) is 3.11. The van der Waals surface area contributed by atoms with Crippen LogP contribution in [0.2, 0.25) is 10.0 Å². The molecule has 0 saturated carbocycles. The zero-order valence-corrected chi connectivity index (χ0v) is 16.3. The van der Waals surface area contributed by atoms with Crippen LogP contribution in [0, 0.1) is 22.7 Å². The lowest BCUT2D eigenvalue weighted by atomic mass is 10.0. The fraction of sp³-hybridized carbons (Fsp3) is 0. The predicted octanol–water partition coefficient (Wildman–Crippen LogP) is 6.38. The van der Waals surface area contributed by atoms with Gasteiger partial charge in [0.2, 0.25) is 5.78 Å². The molecule has 29 heavy (non-hydrogen) atoms. The van der Waals surface area contributed by atoms with E-state index in [9.17, 15) is 10.1 Å². The summed E-state index contributed by atoms with van der Waals surface area (Å²) in [5, 5.41) is 19.8. The van der Waals surface area contributed by atoms with Crippen LogP contribution in [-0.4, -0.2) is 5.78 Å². The number of ketones is 1. The molecule has 3 aromatic carbocycles. The lowest BCUT2D eigenvalue weighted by molar-refractivity contribution is 0.101. The quantitative estimate of drug-likeness (QED) is 0.362. The second kappa shape index (κ2) is 7.45. The highest BCUT2D eigenvalue weighted by molar-refractivity contribution is 6.37. The van der Waals surface area contributed by atoms with Gasteiger partial charge in [-0.05, 0) is 53.6 Å². The van der Waals surface area contributed by atoms with Crippen molar-refractivity contribution >= 4 is 40.0 Å². The number of rotatable bonds is 3. The van der Waals surface area contributed by atoms with Gasteiger partial charge in [-0.15, -0.1) is 0 Å². The third-order valence-corrected chi connectivity index (χ3v) is 5.06. The molecular formula is C23H10Cl2N2O2. The first kappa shape index (κ1) is 18.8. The molecular weight excluding hydrogens is 407 g/mol. The van der Waals surface area contributed by atoms with Crippen LogP contribution >= 0.6 is 23.2 Å². The summed E-state index contributed by atoms with van der Waals surface area (Å²) in [4.78, 5) is 13.0. The molecule has 1 aromatic heterocycles. The Morgan fingerprint density at radius 2 is 1.69 bits per heavy atom. The van der Waals surface area contributed by atoms with Crippen molar-refractivity contribution in [2.45, 2.75) is 0 Å². The van der Waals surface area contributed by atoms with Crippen LogP contribution in [0.1, 0.15) is 27.2 Å². The van der Waals surface area contributed by atoms with Gasteiger partial charge in [0, 0.05) is 16.0 Å². The maximum atomic E-state index is 13.0. The summed E-state index contributed by atoms with van der Waals surface area (Å²) in [5.74, 6) is -0.568. The molecule has 0 radical (unpaired) electrons. The zero-order chi connectivity index (χ0) is 20.5. The van der Waals surface area contributed by atoms with Crippen LogP contribution in [0.5, 0.6) is 0 Å². The number of carbonyl (C=O) groups is 1. The summed E-state index contributed by atoms with van der Waals surface area (Å²) < 4.78 is 5.78. The van der Waals surface area contributed by atoms with E-state index in [0.29, 0.717) is 21.6 Å². The molecule has 0 unspecified atom stereocenters. The van der Waals surface area contributed by atoms with Gasteiger partial charge in [0.1, 0.15) is 17.2 Å². The molecule has 0 fully saturated rings. The molecule has 0 atom stereocenters. The van der Waals surface area contributed by atoms with E-state index in [1.54, 1.807) is 36.4 Å². The number of nitriles is 2. The lowest BCUT2D eigenvalue weighted by Crippen LogP contribution is -2.02. The first-order valence-corrected chi connectivity index (χ1v) is 9.24. The Kier molecular flexibility index (Phi) is 4.82. The van der Waals surface area contributed by atoms with E-state index in [4.69, 9.17) is 32.9 Å². The van der Waals surface area contributed by atoms with Crippen molar-refractivity contribution in [1.29, 1.82) is 10.5 Å². The Bertz CT molecular complexity index is 1370. The van der Waals surface area contributed by atoms with Crippen molar-refractivity contribution < 1.29 is 9.21 Å². The van der Waals surface area contributed by atoms with Crippen molar-refractivity contribution in [2.24, 2.45) is 0 Å². The maximum absolute atomic E-state index is 13.0. The number of nitrogens with zero attached hydrogens (tertiary/aromatic N) is 2. The van der Waals surface area contributed by atoms with Gasteiger partial charge in [-0.25, -0.2) is 0 Å². The zero-order valence-electron chi connectivity index (χ0n) is 14.7. The molecule has 6 heteroatoms. The topological polar surface area (TPSA) is 77.8 Å². The van der Waals surface area contributed by atoms with Gasteiger partial charge in [-0.3, -0.25) is 4.79 Å². The highest BCUT2D eigenvalue weighted by Gasteiger charge is 2.24. The van der Waals surface area contributed by atoms with Crippen molar-refractivity contribution in [1.82, 2.24) is 0 Å². The van der Waals surface area contributed by atoms with E-state index in [1.165, 1.54) is 12.1 Å². The third kappa shape index (κ3) is 3.37. The molecule has 4 nitrogen and oxygen atoms in total. The summed E-state index contributed by atoms with van der Waals surface area (Å²) in [6, 6.07) is 21.1. The minimum Gasteiger partial charge on any atom is -0.451 e. The highest BCUT2D eigenvalue weighted by Crippen LogP contribution is 2.33. The normalized spacial score (nSPS) is 10.5. The van der Waals surface area contributed by atoms with Crippen LogP contribution < -0.4 is 0 Å². The predicted molar refractivity (Wildman–Crippen MR) is 111 cm³/mol. The van der Waals surface area contributed by atoms with Gasteiger partial charge >= 0.3 is 0 Å². The Labute approximate surface area is 176 Å². The van der Waals surface area contributed by atoms with E-state index in [1.807, 2.05) is 12.1 Å². The molecule has 4 rings (SSSR count). The molecule has 0 bridgehead atoms. The Balaban J connectivity index is 1.85. The summed E-state index contributed by atoms with van der Waals surface area (Å²) in [6.45, 7) is 0. The average molecular weight is 417 g/mol. The summed E-state index contributed by atoms with van der Waals surface area (Å²) in [7, 11) is 0. The fourth-order valence-corrected chi connectivity index (χ4v) is 3.61. The molecule has 0 aliphatic rings. The van der Waals surface area contributed by atoms with Crippen LogP contribution in [-0.2, 0) is 0 Å². The molecule has 1 heterocycles. The van der Waals surface area contributed by atoms with Crippen LogP contribution in [0.3, 0.4) is 0 Å². The maximum Gasteiger partial charge on any atom is 0.231 e. The van der Waals surface area contributed by atoms with Crippen LogP contribution in [0.25, 0.3) is 22.1 Å². The molecule has 0 spiro atoms. The number of carbonyl (C=O) groups excluding carboxylic acids is 1.